The van der Waals surface area contributed by atoms with Gasteiger partial charge >= 0.3 is 0 Å². The van der Waals surface area contributed by atoms with Crippen molar-refractivity contribution in [3.63, 3.8) is 0 Å². The quantitative estimate of drug-likeness (QED) is 0.852. The van der Waals surface area contributed by atoms with Crippen molar-refractivity contribution in [2.24, 2.45) is 0 Å². The maximum Gasteiger partial charge on any atom is 0.254 e. The molecule has 5 nitrogen and oxygen atoms in total. The van der Waals surface area contributed by atoms with Crippen LogP contribution in [-0.2, 0) is 4.74 Å². The molecule has 0 bridgehead atoms. The molecule has 0 aliphatic heterocycles. The summed E-state index contributed by atoms with van der Waals surface area (Å²) in [6, 6.07) is 11.7. The number of ether oxygens (including phenoxy) is 1. The molecule has 0 radical (unpaired) electrons. The maximum atomic E-state index is 12.5. The molecule has 1 aromatic carbocycles. The fourth-order valence-electron chi connectivity index (χ4n) is 2.65. The average Bonchev–Trinajstić information content (AvgIpc) is 2.90. The minimum atomic E-state index is -0.0939. The zero-order valence-electron chi connectivity index (χ0n) is 14.0. The van der Waals surface area contributed by atoms with Gasteiger partial charge in [-0.15, -0.1) is 0 Å². The number of aromatic nitrogens is 1. The molecule has 5 heteroatoms. The van der Waals surface area contributed by atoms with Gasteiger partial charge in [-0.05, 0) is 50.2 Å². The van der Waals surface area contributed by atoms with Gasteiger partial charge in [-0.25, -0.2) is 0 Å². The van der Waals surface area contributed by atoms with Crippen molar-refractivity contribution >= 4 is 5.91 Å². The van der Waals surface area contributed by atoms with Crippen LogP contribution in [0.1, 0.15) is 21.7 Å². The normalized spacial score (nSPS) is 10.8. The SMILES string of the molecule is COCCN(CCO)C(=O)c1ccc(-n2c(C)ccc2C)cc1. The summed E-state index contributed by atoms with van der Waals surface area (Å²) in [5, 5.41) is 9.12. The lowest BCUT2D eigenvalue weighted by atomic mass is 10.1. The Labute approximate surface area is 137 Å². The molecule has 1 aromatic heterocycles. The number of amides is 1. The van der Waals surface area contributed by atoms with E-state index < -0.39 is 0 Å². The molecule has 23 heavy (non-hydrogen) atoms. The first-order chi connectivity index (χ1) is 11.1. The molecule has 0 spiro atoms. The summed E-state index contributed by atoms with van der Waals surface area (Å²) in [6.45, 7) is 5.27. The molecular formula is C18H24N2O3. The summed E-state index contributed by atoms with van der Waals surface area (Å²) in [4.78, 5) is 14.1. The number of carbonyl (C=O) groups is 1. The number of rotatable bonds is 7. The molecule has 0 fully saturated rings. The van der Waals surface area contributed by atoms with E-state index >= 15 is 0 Å². The van der Waals surface area contributed by atoms with E-state index in [1.807, 2.05) is 24.3 Å². The first-order valence-corrected chi connectivity index (χ1v) is 7.73. The lowest BCUT2D eigenvalue weighted by molar-refractivity contribution is 0.0656. The monoisotopic (exact) mass is 316 g/mol. The van der Waals surface area contributed by atoms with Crippen molar-refractivity contribution < 1.29 is 14.6 Å². The number of hydrogen-bond donors (Lipinski definition) is 1. The van der Waals surface area contributed by atoms with Crippen LogP contribution >= 0.6 is 0 Å². The van der Waals surface area contributed by atoms with Gasteiger partial charge in [0, 0.05) is 42.8 Å². The minimum Gasteiger partial charge on any atom is -0.395 e. The summed E-state index contributed by atoms with van der Waals surface area (Å²) in [6.07, 6.45) is 0. The topological polar surface area (TPSA) is 54.7 Å². The highest BCUT2D eigenvalue weighted by molar-refractivity contribution is 5.94. The van der Waals surface area contributed by atoms with Crippen molar-refractivity contribution in [1.82, 2.24) is 9.47 Å². The Hall–Kier alpha value is -2.11. The third kappa shape index (κ3) is 4.00. The highest BCUT2D eigenvalue weighted by Crippen LogP contribution is 2.17. The molecule has 124 valence electrons. The molecule has 2 rings (SSSR count). The van der Waals surface area contributed by atoms with Crippen LogP contribution in [-0.4, -0.2) is 53.9 Å². The molecule has 1 heterocycles. The fourth-order valence-corrected chi connectivity index (χ4v) is 2.65. The molecule has 2 aromatic rings. The van der Waals surface area contributed by atoms with Gasteiger partial charge in [0.15, 0.2) is 0 Å². The number of hydrogen-bond acceptors (Lipinski definition) is 3. The second kappa shape index (κ2) is 7.94. The van der Waals surface area contributed by atoms with E-state index in [0.717, 1.165) is 17.1 Å². The number of aryl methyl sites for hydroxylation is 2. The average molecular weight is 316 g/mol. The number of methoxy groups -OCH3 is 1. The zero-order chi connectivity index (χ0) is 16.8. The van der Waals surface area contributed by atoms with Crippen molar-refractivity contribution in [3.8, 4) is 5.69 Å². The fraction of sp³-hybridized carbons (Fsp3) is 0.389. The molecule has 0 saturated heterocycles. The Bertz CT molecular complexity index is 627. The molecule has 0 saturated carbocycles. The van der Waals surface area contributed by atoms with Crippen LogP contribution in [0.4, 0.5) is 0 Å². The van der Waals surface area contributed by atoms with Gasteiger partial charge in [0.2, 0.25) is 0 Å². The third-order valence-electron chi connectivity index (χ3n) is 3.87. The standard InChI is InChI=1S/C18H24N2O3/c1-14-4-5-15(2)20(14)17-8-6-16(7-9-17)18(22)19(10-12-21)11-13-23-3/h4-9,21H,10-13H2,1-3H3. The molecule has 0 aliphatic rings. The first-order valence-electron chi connectivity index (χ1n) is 7.73. The van der Waals surface area contributed by atoms with Crippen molar-refractivity contribution in [2.45, 2.75) is 13.8 Å². The maximum absolute atomic E-state index is 12.5. The molecule has 0 aliphatic carbocycles. The van der Waals surface area contributed by atoms with Gasteiger partial charge in [-0.2, -0.15) is 0 Å². The molecule has 1 N–H and O–H groups in total. The third-order valence-corrected chi connectivity index (χ3v) is 3.87. The largest absolute Gasteiger partial charge is 0.395 e. The summed E-state index contributed by atoms with van der Waals surface area (Å²) in [5.41, 5.74) is 3.96. The molecular weight excluding hydrogens is 292 g/mol. The predicted molar refractivity (Wildman–Crippen MR) is 90.1 cm³/mol. The van der Waals surface area contributed by atoms with E-state index in [1.54, 1.807) is 12.0 Å². The minimum absolute atomic E-state index is 0.0602. The summed E-state index contributed by atoms with van der Waals surface area (Å²) >= 11 is 0. The number of aliphatic hydroxyl groups is 1. The number of carbonyl (C=O) groups excluding carboxylic acids is 1. The summed E-state index contributed by atoms with van der Waals surface area (Å²) in [7, 11) is 1.60. The zero-order valence-corrected chi connectivity index (χ0v) is 14.0. The number of nitrogens with zero attached hydrogens (tertiary/aromatic N) is 2. The van der Waals surface area contributed by atoms with Gasteiger partial charge in [-0.3, -0.25) is 4.79 Å². The van der Waals surface area contributed by atoms with Crippen LogP contribution in [0.25, 0.3) is 5.69 Å². The Kier molecular flexibility index (Phi) is 5.96. The van der Waals surface area contributed by atoms with Gasteiger partial charge in [0.25, 0.3) is 5.91 Å². The van der Waals surface area contributed by atoms with Crippen LogP contribution in [0.2, 0.25) is 0 Å². The summed E-state index contributed by atoms with van der Waals surface area (Å²) < 4.78 is 7.16. The smallest absolute Gasteiger partial charge is 0.254 e. The Morgan fingerprint density at radius 3 is 2.22 bits per heavy atom. The highest BCUT2D eigenvalue weighted by atomic mass is 16.5. The summed E-state index contributed by atoms with van der Waals surface area (Å²) in [5.74, 6) is -0.0939. The molecule has 0 unspecified atom stereocenters. The lowest BCUT2D eigenvalue weighted by Gasteiger charge is -2.21. The van der Waals surface area contributed by atoms with Crippen LogP contribution in [0, 0.1) is 13.8 Å². The highest BCUT2D eigenvalue weighted by Gasteiger charge is 2.15. The Morgan fingerprint density at radius 1 is 1.09 bits per heavy atom. The first kappa shape index (κ1) is 17.2. The van der Waals surface area contributed by atoms with E-state index in [2.05, 4.69) is 30.5 Å². The van der Waals surface area contributed by atoms with Crippen LogP contribution in [0.5, 0.6) is 0 Å². The van der Waals surface area contributed by atoms with Crippen LogP contribution in [0.3, 0.4) is 0 Å². The number of benzene rings is 1. The lowest BCUT2D eigenvalue weighted by Crippen LogP contribution is -2.36. The van der Waals surface area contributed by atoms with Crippen molar-refractivity contribution in [1.29, 1.82) is 0 Å². The second-order valence-corrected chi connectivity index (χ2v) is 5.51. The van der Waals surface area contributed by atoms with Gasteiger partial charge in [-0.1, -0.05) is 0 Å². The second-order valence-electron chi connectivity index (χ2n) is 5.51. The van der Waals surface area contributed by atoms with Gasteiger partial charge in [0.1, 0.15) is 0 Å². The Balaban J connectivity index is 2.19. The van der Waals surface area contributed by atoms with E-state index in [-0.39, 0.29) is 12.5 Å². The predicted octanol–water partition coefficient (Wildman–Crippen LogP) is 2.18. The van der Waals surface area contributed by atoms with Crippen LogP contribution < -0.4 is 0 Å². The van der Waals surface area contributed by atoms with E-state index in [9.17, 15) is 4.79 Å². The Morgan fingerprint density at radius 2 is 1.70 bits per heavy atom. The van der Waals surface area contributed by atoms with Gasteiger partial charge in [0.05, 0.1) is 13.2 Å². The molecule has 0 atom stereocenters. The van der Waals surface area contributed by atoms with Crippen LogP contribution in [0.15, 0.2) is 36.4 Å². The van der Waals surface area contributed by atoms with E-state index in [0.29, 0.717) is 25.3 Å². The van der Waals surface area contributed by atoms with Gasteiger partial charge < -0.3 is 19.3 Å². The van der Waals surface area contributed by atoms with Crippen molar-refractivity contribution in [2.75, 3.05) is 33.4 Å². The van der Waals surface area contributed by atoms with Crippen molar-refractivity contribution in [3.05, 3.63) is 53.3 Å². The molecule has 1 amide bonds. The number of aliphatic hydroxyl groups excluding tert-OH is 1. The van der Waals surface area contributed by atoms with E-state index in [4.69, 9.17) is 9.84 Å². The van der Waals surface area contributed by atoms with E-state index in [1.165, 1.54) is 0 Å².